The summed E-state index contributed by atoms with van der Waals surface area (Å²) in [4.78, 5) is 17.2. The lowest BCUT2D eigenvalue weighted by atomic mass is 9.95. The first-order valence-electron chi connectivity index (χ1n) is 11.1. The van der Waals surface area contributed by atoms with Crippen molar-refractivity contribution in [2.24, 2.45) is 0 Å². The highest BCUT2D eigenvalue weighted by molar-refractivity contribution is 5.92. The maximum atomic E-state index is 13.0. The van der Waals surface area contributed by atoms with Gasteiger partial charge in [-0.05, 0) is 44.0 Å². The van der Waals surface area contributed by atoms with E-state index >= 15 is 0 Å². The van der Waals surface area contributed by atoms with E-state index in [1.165, 1.54) is 18.0 Å². The van der Waals surface area contributed by atoms with Crippen molar-refractivity contribution in [1.82, 2.24) is 14.8 Å². The molecule has 4 rings (SSSR count). The second-order valence-electron chi connectivity index (χ2n) is 7.90. The molecule has 2 aromatic carbocycles. The molecule has 0 spiro atoms. The molecule has 176 valence electrons. The van der Waals surface area contributed by atoms with Crippen LogP contribution in [0.4, 0.5) is 5.95 Å². The number of nitrogens with one attached hydrogen (secondary N) is 1. The molecule has 1 N–H and O–H groups in total. The Morgan fingerprint density at radius 1 is 1.15 bits per heavy atom. The molecule has 2 heterocycles. The number of ether oxygens (including phenoxy) is 3. The number of allylic oxidation sites excluding steroid dienone is 1. The second kappa shape index (κ2) is 10.2. The topological polar surface area (TPSA) is 87.5 Å². The standard InChI is InChI=1S/C26H28N4O4/c1-5-13-33-25(31)23-18(4)29-26-27-16-28-30(26)24(23)20-11-12-21(22(14-20)32-6-2)34-15-19-9-7-17(3)8-10-19/h5,7-12,14,16,24H,1,6,13,15H2,2-4H3,(H,27,28,29). The first-order valence-corrected chi connectivity index (χ1v) is 11.1. The molecule has 8 nitrogen and oxygen atoms in total. The summed E-state index contributed by atoms with van der Waals surface area (Å²) in [5.41, 5.74) is 4.15. The lowest BCUT2D eigenvalue weighted by molar-refractivity contribution is -0.138. The monoisotopic (exact) mass is 460 g/mol. The second-order valence-corrected chi connectivity index (χ2v) is 7.90. The first-order chi connectivity index (χ1) is 16.5. The van der Waals surface area contributed by atoms with E-state index in [0.29, 0.717) is 41.9 Å². The van der Waals surface area contributed by atoms with Gasteiger partial charge in [-0.15, -0.1) is 0 Å². The summed E-state index contributed by atoms with van der Waals surface area (Å²) in [5.74, 6) is 1.30. The molecule has 0 radical (unpaired) electrons. The van der Waals surface area contributed by atoms with E-state index in [9.17, 15) is 4.79 Å². The van der Waals surface area contributed by atoms with Crippen molar-refractivity contribution in [2.75, 3.05) is 18.5 Å². The first kappa shape index (κ1) is 23.1. The number of aromatic nitrogens is 3. The largest absolute Gasteiger partial charge is 0.490 e. The zero-order valence-corrected chi connectivity index (χ0v) is 19.6. The zero-order valence-electron chi connectivity index (χ0n) is 19.6. The molecule has 0 fully saturated rings. The van der Waals surface area contributed by atoms with Gasteiger partial charge in [-0.25, -0.2) is 9.48 Å². The van der Waals surface area contributed by atoms with E-state index in [1.54, 1.807) is 4.68 Å². The maximum Gasteiger partial charge on any atom is 0.338 e. The van der Waals surface area contributed by atoms with Crippen molar-refractivity contribution in [1.29, 1.82) is 0 Å². The molecule has 0 aliphatic carbocycles. The number of carbonyl (C=O) groups excluding carboxylic acids is 1. The highest BCUT2D eigenvalue weighted by Gasteiger charge is 2.34. The van der Waals surface area contributed by atoms with Gasteiger partial charge in [0.2, 0.25) is 5.95 Å². The van der Waals surface area contributed by atoms with E-state index in [2.05, 4.69) is 41.0 Å². The van der Waals surface area contributed by atoms with Gasteiger partial charge in [-0.2, -0.15) is 10.1 Å². The molecule has 8 heteroatoms. The van der Waals surface area contributed by atoms with Gasteiger partial charge in [-0.1, -0.05) is 48.6 Å². The van der Waals surface area contributed by atoms with Crippen LogP contribution in [0.2, 0.25) is 0 Å². The number of hydrogen-bond donors (Lipinski definition) is 1. The third-order valence-corrected chi connectivity index (χ3v) is 5.44. The molecular weight excluding hydrogens is 432 g/mol. The number of rotatable bonds is 9. The van der Waals surface area contributed by atoms with Crippen LogP contribution in [0.25, 0.3) is 0 Å². The fraction of sp³-hybridized carbons (Fsp3) is 0.269. The third-order valence-electron chi connectivity index (χ3n) is 5.44. The number of benzene rings is 2. The summed E-state index contributed by atoms with van der Waals surface area (Å²) in [6, 6.07) is 13.3. The summed E-state index contributed by atoms with van der Waals surface area (Å²) in [7, 11) is 0. The Labute approximate surface area is 198 Å². The Morgan fingerprint density at radius 2 is 1.94 bits per heavy atom. The van der Waals surface area contributed by atoms with E-state index in [0.717, 1.165) is 11.1 Å². The predicted molar refractivity (Wildman–Crippen MR) is 129 cm³/mol. The van der Waals surface area contributed by atoms with Crippen LogP contribution in [0.1, 0.15) is 36.6 Å². The van der Waals surface area contributed by atoms with Gasteiger partial charge in [0.25, 0.3) is 0 Å². The van der Waals surface area contributed by atoms with Gasteiger partial charge in [0.15, 0.2) is 11.5 Å². The van der Waals surface area contributed by atoms with Gasteiger partial charge in [0.1, 0.15) is 25.6 Å². The molecule has 1 aliphatic rings. The van der Waals surface area contributed by atoms with E-state index in [1.807, 2.05) is 44.2 Å². The number of fused-ring (bicyclic) bond motifs is 1. The molecule has 0 bridgehead atoms. The molecule has 0 amide bonds. The molecule has 34 heavy (non-hydrogen) atoms. The Hall–Kier alpha value is -4.07. The van der Waals surface area contributed by atoms with Crippen molar-refractivity contribution in [3.63, 3.8) is 0 Å². The number of aryl methyl sites for hydroxylation is 1. The molecule has 1 aliphatic heterocycles. The minimum atomic E-state index is -0.540. The highest BCUT2D eigenvalue weighted by Crippen LogP contribution is 2.39. The van der Waals surface area contributed by atoms with Gasteiger partial charge in [0, 0.05) is 5.70 Å². The van der Waals surface area contributed by atoms with E-state index in [-0.39, 0.29) is 6.61 Å². The molecular formula is C26H28N4O4. The molecule has 1 unspecified atom stereocenters. The normalized spacial score (nSPS) is 14.7. The summed E-state index contributed by atoms with van der Waals surface area (Å²) in [6.45, 7) is 10.4. The van der Waals surface area contributed by atoms with Crippen LogP contribution in [0, 0.1) is 6.92 Å². The zero-order chi connectivity index (χ0) is 24.1. The lowest BCUT2D eigenvalue weighted by Crippen LogP contribution is -2.29. The van der Waals surface area contributed by atoms with Crippen LogP contribution < -0.4 is 14.8 Å². The van der Waals surface area contributed by atoms with Crippen LogP contribution in [0.15, 0.2) is 72.7 Å². The number of hydrogen-bond acceptors (Lipinski definition) is 7. The molecule has 1 aromatic heterocycles. The van der Waals surface area contributed by atoms with Gasteiger partial charge in [0.05, 0.1) is 12.2 Å². The Bertz CT molecular complexity index is 1210. The molecule has 0 saturated heterocycles. The minimum absolute atomic E-state index is 0.114. The van der Waals surface area contributed by atoms with Crippen LogP contribution in [-0.2, 0) is 16.1 Å². The van der Waals surface area contributed by atoms with Crippen molar-refractivity contribution in [3.8, 4) is 11.5 Å². The smallest absolute Gasteiger partial charge is 0.338 e. The summed E-state index contributed by atoms with van der Waals surface area (Å²) in [6.07, 6.45) is 2.98. The number of carbonyl (C=O) groups is 1. The molecule has 0 saturated carbocycles. The SMILES string of the molecule is C=CCOC(=O)C1=C(C)Nc2ncnn2C1c1ccc(OCc2ccc(C)cc2)c(OCC)c1. The fourth-order valence-electron chi connectivity index (χ4n) is 3.80. The van der Waals surface area contributed by atoms with Crippen LogP contribution >= 0.6 is 0 Å². The fourth-order valence-corrected chi connectivity index (χ4v) is 3.80. The highest BCUT2D eigenvalue weighted by atomic mass is 16.5. The predicted octanol–water partition coefficient (Wildman–Crippen LogP) is 4.58. The Balaban J connectivity index is 1.68. The van der Waals surface area contributed by atoms with Gasteiger partial charge >= 0.3 is 5.97 Å². The molecule has 1 atom stereocenters. The van der Waals surface area contributed by atoms with E-state index in [4.69, 9.17) is 14.2 Å². The van der Waals surface area contributed by atoms with Crippen LogP contribution in [-0.4, -0.2) is 33.9 Å². The average Bonchev–Trinajstić information content (AvgIpc) is 3.30. The van der Waals surface area contributed by atoms with Crippen molar-refractivity contribution < 1.29 is 19.0 Å². The summed E-state index contributed by atoms with van der Waals surface area (Å²) in [5, 5.41) is 7.48. The third kappa shape index (κ3) is 4.80. The molecule has 3 aromatic rings. The van der Waals surface area contributed by atoms with Crippen molar-refractivity contribution in [2.45, 2.75) is 33.4 Å². The maximum absolute atomic E-state index is 13.0. The summed E-state index contributed by atoms with van der Waals surface area (Å²) >= 11 is 0. The van der Waals surface area contributed by atoms with Crippen molar-refractivity contribution in [3.05, 3.63) is 89.4 Å². The minimum Gasteiger partial charge on any atom is -0.490 e. The van der Waals surface area contributed by atoms with Crippen LogP contribution in [0.5, 0.6) is 11.5 Å². The van der Waals surface area contributed by atoms with E-state index < -0.39 is 12.0 Å². The van der Waals surface area contributed by atoms with Gasteiger partial charge < -0.3 is 19.5 Å². The van der Waals surface area contributed by atoms with Crippen molar-refractivity contribution >= 4 is 11.9 Å². The summed E-state index contributed by atoms with van der Waals surface area (Å²) < 4.78 is 19.0. The van der Waals surface area contributed by atoms with Crippen LogP contribution in [0.3, 0.4) is 0 Å². The Kier molecular flexibility index (Phi) is 6.96. The Morgan fingerprint density at radius 3 is 2.68 bits per heavy atom. The number of esters is 1. The number of anilines is 1. The van der Waals surface area contributed by atoms with Gasteiger partial charge in [-0.3, -0.25) is 0 Å². The number of nitrogens with zero attached hydrogens (tertiary/aromatic N) is 3. The quantitative estimate of drug-likeness (QED) is 0.369. The average molecular weight is 461 g/mol. The lowest BCUT2D eigenvalue weighted by Gasteiger charge is -2.28.